The van der Waals surface area contributed by atoms with E-state index in [1.54, 1.807) is 25.1 Å². The Morgan fingerprint density at radius 2 is 1.79 bits per heavy atom. The van der Waals surface area contributed by atoms with Gasteiger partial charge in [-0.15, -0.1) is 0 Å². The third kappa shape index (κ3) is 5.50. The summed E-state index contributed by atoms with van der Waals surface area (Å²) in [6.07, 6.45) is 1.59. The van der Waals surface area contributed by atoms with Gasteiger partial charge >= 0.3 is 5.97 Å². The van der Waals surface area contributed by atoms with Gasteiger partial charge in [0, 0.05) is 6.42 Å². The van der Waals surface area contributed by atoms with Crippen LogP contribution in [0.5, 0.6) is 11.5 Å². The van der Waals surface area contributed by atoms with Crippen LogP contribution in [0.15, 0.2) is 48.5 Å². The van der Waals surface area contributed by atoms with Gasteiger partial charge in [0.1, 0.15) is 0 Å². The molecule has 3 rings (SSSR count). The number of hydrogen-bond acceptors (Lipinski definition) is 5. The van der Waals surface area contributed by atoms with E-state index < -0.39 is 12.1 Å². The molecule has 0 aliphatic carbocycles. The first kappa shape index (κ1) is 20.7. The van der Waals surface area contributed by atoms with Gasteiger partial charge in [-0.25, -0.2) is 4.79 Å². The fourth-order valence-corrected chi connectivity index (χ4v) is 3.16. The van der Waals surface area contributed by atoms with Crippen molar-refractivity contribution in [1.82, 2.24) is 5.32 Å². The molecule has 2 aromatic rings. The molecule has 0 saturated heterocycles. The molecule has 0 saturated carbocycles. The Morgan fingerprint density at radius 1 is 1.07 bits per heavy atom. The summed E-state index contributed by atoms with van der Waals surface area (Å²) in [5.74, 6) is 0.223. The van der Waals surface area contributed by atoms with Gasteiger partial charge in [-0.05, 0) is 37.1 Å². The predicted molar refractivity (Wildman–Crippen MR) is 109 cm³/mol. The fraction of sp³-hybridized carbons (Fsp3) is 0.391. The van der Waals surface area contributed by atoms with Gasteiger partial charge in [0.05, 0.1) is 24.8 Å². The number of carbonyl (C=O) groups excluding carboxylic acids is 2. The van der Waals surface area contributed by atoms with E-state index >= 15 is 0 Å². The highest BCUT2D eigenvalue weighted by molar-refractivity contribution is 5.93. The summed E-state index contributed by atoms with van der Waals surface area (Å²) in [6.45, 7) is 4.75. The lowest BCUT2D eigenvalue weighted by Crippen LogP contribution is -2.38. The van der Waals surface area contributed by atoms with Crippen molar-refractivity contribution in [3.63, 3.8) is 0 Å². The van der Waals surface area contributed by atoms with Gasteiger partial charge in [0.2, 0.25) is 0 Å². The van der Waals surface area contributed by atoms with Gasteiger partial charge in [-0.3, -0.25) is 4.79 Å². The number of carbonyl (C=O) groups is 2. The summed E-state index contributed by atoms with van der Waals surface area (Å²) < 4.78 is 16.6. The Kier molecular flexibility index (Phi) is 7.11. The van der Waals surface area contributed by atoms with E-state index in [-0.39, 0.29) is 11.9 Å². The topological polar surface area (TPSA) is 73.9 Å². The normalized spacial score (nSPS) is 15.0. The molecular formula is C23H27NO5. The maximum Gasteiger partial charge on any atom is 0.339 e. The van der Waals surface area contributed by atoms with Crippen molar-refractivity contribution in [2.75, 3.05) is 13.2 Å². The Bertz CT molecular complexity index is 836. The van der Waals surface area contributed by atoms with Crippen molar-refractivity contribution in [2.24, 2.45) is 0 Å². The third-order valence-corrected chi connectivity index (χ3v) is 4.73. The molecule has 1 heterocycles. The molecule has 6 nitrogen and oxygen atoms in total. The standard InChI is InChI=1S/C23H27NO5/c1-3-8-19(17-9-5-4-6-10-17)24-22(25)16(2)29-23(26)18-11-12-20-21(15-18)28-14-7-13-27-20/h4-6,9-12,15-16,19H,3,7-8,13-14H2,1-2H3,(H,24,25)/t16-,19-/m1/s1. The van der Waals surface area contributed by atoms with Gasteiger partial charge in [-0.2, -0.15) is 0 Å². The maximum absolute atomic E-state index is 12.6. The first-order valence-corrected chi connectivity index (χ1v) is 10.0. The SMILES string of the molecule is CCC[C@@H](NC(=O)[C@@H](C)OC(=O)c1ccc2c(c1)OCCCO2)c1ccccc1. The minimum absolute atomic E-state index is 0.118. The van der Waals surface area contributed by atoms with E-state index in [4.69, 9.17) is 14.2 Å². The molecule has 0 bridgehead atoms. The summed E-state index contributed by atoms with van der Waals surface area (Å²) in [5, 5.41) is 2.99. The monoisotopic (exact) mass is 397 g/mol. The molecule has 1 N–H and O–H groups in total. The Morgan fingerprint density at radius 3 is 2.52 bits per heavy atom. The molecule has 154 valence electrons. The quantitative estimate of drug-likeness (QED) is 0.714. The highest BCUT2D eigenvalue weighted by Gasteiger charge is 2.23. The number of amides is 1. The number of esters is 1. The van der Waals surface area contributed by atoms with Gasteiger partial charge < -0.3 is 19.5 Å². The van der Waals surface area contributed by atoms with Crippen LogP contribution in [-0.4, -0.2) is 31.2 Å². The summed E-state index contributed by atoms with van der Waals surface area (Å²) in [6, 6.07) is 14.6. The molecule has 0 unspecified atom stereocenters. The van der Waals surface area contributed by atoms with Crippen LogP contribution >= 0.6 is 0 Å². The van der Waals surface area contributed by atoms with E-state index in [0.29, 0.717) is 30.3 Å². The highest BCUT2D eigenvalue weighted by Crippen LogP contribution is 2.30. The summed E-state index contributed by atoms with van der Waals surface area (Å²) >= 11 is 0. The average Bonchev–Trinajstić information content (AvgIpc) is 2.98. The molecule has 0 radical (unpaired) electrons. The number of rotatable bonds is 7. The molecule has 0 aromatic heterocycles. The predicted octanol–water partition coefficient (Wildman–Crippen LogP) is 4.05. The lowest BCUT2D eigenvalue weighted by molar-refractivity contribution is -0.129. The molecule has 0 fully saturated rings. The zero-order chi connectivity index (χ0) is 20.6. The molecule has 2 atom stereocenters. The van der Waals surface area contributed by atoms with Crippen LogP contribution in [0.25, 0.3) is 0 Å². The van der Waals surface area contributed by atoms with Crippen LogP contribution in [-0.2, 0) is 9.53 Å². The van der Waals surface area contributed by atoms with Crippen molar-refractivity contribution in [3.8, 4) is 11.5 Å². The van der Waals surface area contributed by atoms with Gasteiger partial charge in [-0.1, -0.05) is 43.7 Å². The number of hydrogen-bond donors (Lipinski definition) is 1. The lowest BCUT2D eigenvalue weighted by Gasteiger charge is -2.21. The van der Waals surface area contributed by atoms with Crippen LogP contribution in [0.3, 0.4) is 0 Å². The number of benzene rings is 2. The smallest absolute Gasteiger partial charge is 0.339 e. The minimum Gasteiger partial charge on any atom is -0.490 e. The molecule has 1 aliphatic rings. The van der Waals surface area contributed by atoms with Crippen molar-refractivity contribution >= 4 is 11.9 Å². The van der Waals surface area contributed by atoms with Crippen LogP contribution in [0.2, 0.25) is 0 Å². The van der Waals surface area contributed by atoms with Gasteiger partial charge in [0.25, 0.3) is 5.91 Å². The second-order valence-corrected chi connectivity index (χ2v) is 7.02. The number of nitrogens with one attached hydrogen (secondary N) is 1. The van der Waals surface area contributed by atoms with E-state index in [2.05, 4.69) is 12.2 Å². The molecule has 1 amide bonds. The van der Waals surface area contributed by atoms with E-state index in [1.807, 2.05) is 30.3 Å². The summed E-state index contributed by atoms with van der Waals surface area (Å²) in [7, 11) is 0. The Hall–Kier alpha value is -3.02. The van der Waals surface area contributed by atoms with Crippen molar-refractivity contribution in [1.29, 1.82) is 0 Å². The zero-order valence-corrected chi connectivity index (χ0v) is 16.9. The number of ether oxygens (including phenoxy) is 3. The van der Waals surface area contributed by atoms with Crippen LogP contribution in [0, 0.1) is 0 Å². The Labute approximate surface area is 171 Å². The highest BCUT2D eigenvalue weighted by atomic mass is 16.5. The van der Waals surface area contributed by atoms with Crippen LogP contribution in [0.1, 0.15) is 55.1 Å². The zero-order valence-electron chi connectivity index (χ0n) is 16.9. The molecule has 6 heteroatoms. The second-order valence-electron chi connectivity index (χ2n) is 7.02. The van der Waals surface area contributed by atoms with Crippen LogP contribution < -0.4 is 14.8 Å². The largest absolute Gasteiger partial charge is 0.490 e. The molecule has 29 heavy (non-hydrogen) atoms. The van der Waals surface area contributed by atoms with Crippen LogP contribution in [0.4, 0.5) is 0 Å². The summed E-state index contributed by atoms with van der Waals surface area (Å²) in [5.41, 5.74) is 1.35. The summed E-state index contributed by atoms with van der Waals surface area (Å²) in [4.78, 5) is 25.1. The first-order valence-electron chi connectivity index (χ1n) is 10.0. The van der Waals surface area contributed by atoms with Gasteiger partial charge in [0.15, 0.2) is 17.6 Å². The molecular weight excluding hydrogens is 370 g/mol. The number of fused-ring (bicyclic) bond motifs is 1. The average molecular weight is 397 g/mol. The lowest BCUT2D eigenvalue weighted by atomic mass is 10.0. The molecule has 2 aromatic carbocycles. The van der Waals surface area contributed by atoms with Crippen molar-refractivity contribution in [2.45, 2.75) is 45.3 Å². The van der Waals surface area contributed by atoms with Crippen molar-refractivity contribution < 1.29 is 23.8 Å². The second kappa shape index (κ2) is 9.96. The van der Waals surface area contributed by atoms with E-state index in [9.17, 15) is 9.59 Å². The minimum atomic E-state index is -0.915. The third-order valence-electron chi connectivity index (χ3n) is 4.73. The van der Waals surface area contributed by atoms with E-state index in [0.717, 1.165) is 24.8 Å². The van der Waals surface area contributed by atoms with E-state index in [1.165, 1.54) is 0 Å². The first-order chi connectivity index (χ1) is 14.1. The Balaban J connectivity index is 1.62. The maximum atomic E-state index is 12.6. The molecule has 1 aliphatic heterocycles. The van der Waals surface area contributed by atoms with Crippen molar-refractivity contribution in [3.05, 3.63) is 59.7 Å². The molecule has 0 spiro atoms. The fourth-order valence-electron chi connectivity index (χ4n) is 3.16.